The number of rotatable bonds is 3. The van der Waals surface area contributed by atoms with Crippen LogP contribution in [0.5, 0.6) is 0 Å². The van der Waals surface area contributed by atoms with Crippen molar-refractivity contribution in [1.29, 1.82) is 0 Å². The molecule has 0 aliphatic carbocycles. The van der Waals surface area contributed by atoms with E-state index in [-0.39, 0.29) is 6.04 Å². The van der Waals surface area contributed by atoms with Gasteiger partial charge in [0.05, 0.1) is 24.9 Å². The number of aromatic nitrogens is 2. The molecule has 4 heteroatoms. The Labute approximate surface area is 136 Å². The molecule has 4 rings (SSSR count). The number of benzene rings is 1. The number of hydrogen-bond donors (Lipinski definition) is 1. The normalized spacial score (nSPS) is 17.4. The number of morpholine rings is 1. The molecule has 1 aliphatic rings. The average molecular weight is 307 g/mol. The Morgan fingerprint density at radius 3 is 2.65 bits per heavy atom. The van der Waals surface area contributed by atoms with Gasteiger partial charge in [-0.1, -0.05) is 24.3 Å². The van der Waals surface area contributed by atoms with Gasteiger partial charge in [0.2, 0.25) is 0 Å². The predicted octanol–water partition coefficient (Wildman–Crippen LogP) is 3.29. The molecule has 3 heterocycles. The monoisotopic (exact) mass is 307 g/mol. The number of fused-ring (bicyclic) bond motifs is 1. The van der Waals surface area contributed by atoms with Crippen molar-refractivity contribution in [3.8, 4) is 0 Å². The van der Waals surface area contributed by atoms with E-state index in [4.69, 9.17) is 4.74 Å². The minimum atomic E-state index is 0.163. The van der Waals surface area contributed by atoms with Gasteiger partial charge in [-0.25, -0.2) is 0 Å². The van der Waals surface area contributed by atoms with Gasteiger partial charge < -0.3 is 9.72 Å². The highest BCUT2D eigenvalue weighted by atomic mass is 16.5. The number of ether oxygens (including phenoxy) is 1. The Balaban J connectivity index is 1.88. The molecular weight excluding hydrogens is 286 g/mol. The van der Waals surface area contributed by atoms with E-state index in [9.17, 15) is 0 Å². The number of aryl methyl sites for hydroxylation is 1. The molecule has 1 fully saturated rings. The van der Waals surface area contributed by atoms with Gasteiger partial charge in [-0.3, -0.25) is 9.88 Å². The lowest BCUT2D eigenvalue weighted by atomic mass is 9.97. The molecule has 0 radical (unpaired) electrons. The highest BCUT2D eigenvalue weighted by Gasteiger charge is 2.28. The molecule has 1 aliphatic heterocycles. The first-order chi connectivity index (χ1) is 11.3. The minimum absolute atomic E-state index is 0.163. The lowest BCUT2D eigenvalue weighted by Gasteiger charge is -2.34. The van der Waals surface area contributed by atoms with E-state index in [1.165, 1.54) is 22.2 Å². The van der Waals surface area contributed by atoms with Crippen molar-refractivity contribution in [3.05, 3.63) is 65.6 Å². The lowest BCUT2D eigenvalue weighted by molar-refractivity contribution is 0.0234. The third-order valence-electron chi connectivity index (χ3n) is 4.60. The molecule has 23 heavy (non-hydrogen) atoms. The van der Waals surface area contributed by atoms with Crippen molar-refractivity contribution < 1.29 is 4.74 Å². The highest BCUT2D eigenvalue weighted by Crippen LogP contribution is 2.35. The number of nitrogens with one attached hydrogen (secondary N) is 1. The van der Waals surface area contributed by atoms with E-state index in [0.717, 1.165) is 32.0 Å². The van der Waals surface area contributed by atoms with E-state index in [0.29, 0.717) is 0 Å². The zero-order chi connectivity index (χ0) is 15.6. The molecule has 0 amide bonds. The van der Waals surface area contributed by atoms with Gasteiger partial charge in [-0.2, -0.15) is 0 Å². The molecule has 4 nitrogen and oxygen atoms in total. The summed E-state index contributed by atoms with van der Waals surface area (Å²) < 4.78 is 5.55. The fourth-order valence-electron chi connectivity index (χ4n) is 3.54. The minimum Gasteiger partial charge on any atom is -0.379 e. The van der Waals surface area contributed by atoms with Crippen molar-refractivity contribution in [1.82, 2.24) is 14.9 Å². The highest BCUT2D eigenvalue weighted by molar-refractivity contribution is 5.85. The summed E-state index contributed by atoms with van der Waals surface area (Å²) >= 11 is 0. The summed E-state index contributed by atoms with van der Waals surface area (Å²) in [6.07, 6.45) is 1.88. The van der Waals surface area contributed by atoms with Crippen LogP contribution in [-0.4, -0.2) is 41.2 Å². The van der Waals surface area contributed by atoms with Gasteiger partial charge in [0.15, 0.2) is 0 Å². The standard InChI is InChI=1S/C19H21N3O/c1-14-18(15-6-2-3-7-16(15)21-14)19(17-8-4-5-9-20-17)22-10-12-23-13-11-22/h2-9,19,21H,10-13H2,1H3/t19-/m0/s1. The van der Waals surface area contributed by atoms with Crippen LogP contribution in [-0.2, 0) is 4.74 Å². The molecular formula is C19H21N3O. The molecule has 0 unspecified atom stereocenters. The number of nitrogens with zero attached hydrogens (tertiary/aromatic N) is 2. The second-order valence-corrected chi connectivity index (χ2v) is 6.01. The zero-order valence-electron chi connectivity index (χ0n) is 13.3. The summed E-state index contributed by atoms with van der Waals surface area (Å²) in [5.41, 5.74) is 4.84. The molecule has 118 valence electrons. The molecule has 0 spiro atoms. The first-order valence-corrected chi connectivity index (χ1v) is 8.14. The topological polar surface area (TPSA) is 41.2 Å². The third-order valence-corrected chi connectivity index (χ3v) is 4.60. The number of para-hydroxylation sites is 1. The van der Waals surface area contributed by atoms with Crippen molar-refractivity contribution in [2.45, 2.75) is 13.0 Å². The van der Waals surface area contributed by atoms with Crippen molar-refractivity contribution >= 4 is 10.9 Å². The first kappa shape index (κ1) is 14.4. The van der Waals surface area contributed by atoms with Gasteiger partial charge in [0, 0.05) is 41.4 Å². The second-order valence-electron chi connectivity index (χ2n) is 6.01. The fraction of sp³-hybridized carbons (Fsp3) is 0.316. The largest absolute Gasteiger partial charge is 0.379 e. The van der Waals surface area contributed by atoms with E-state index in [1.807, 2.05) is 12.3 Å². The van der Waals surface area contributed by atoms with Gasteiger partial charge in [0.1, 0.15) is 0 Å². The molecule has 0 saturated carbocycles. The molecule has 1 aromatic carbocycles. The summed E-state index contributed by atoms with van der Waals surface area (Å²) in [4.78, 5) is 10.7. The van der Waals surface area contributed by atoms with Crippen LogP contribution in [0.4, 0.5) is 0 Å². The predicted molar refractivity (Wildman–Crippen MR) is 91.5 cm³/mol. The Hall–Kier alpha value is -2.17. The molecule has 2 aromatic heterocycles. The summed E-state index contributed by atoms with van der Waals surface area (Å²) in [6, 6.07) is 14.9. The fourth-order valence-corrected chi connectivity index (χ4v) is 3.54. The van der Waals surface area contributed by atoms with Crippen LogP contribution in [0.1, 0.15) is 23.0 Å². The van der Waals surface area contributed by atoms with Crippen LogP contribution in [0, 0.1) is 6.92 Å². The van der Waals surface area contributed by atoms with Crippen LogP contribution in [0.2, 0.25) is 0 Å². The van der Waals surface area contributed by atoms with Crippen LogP contribution < -0.4 is 0 Å². The second kappa shape index (κ2) is 6.14. The number of pyridine rings is 1. The van der Waals surface area contributed by atoms with Crippen LogP contribution in [0.15, 0.2) is 48.7 Å². The van der Waals surface area contributed by atoms with Gasteiger partial charge >= 0.3 is 0 Å². The SMILES string of the molecule is Cc1[nH]c2ccccc2c1[C@H](c1ccccn1)N1CCOCC1. The maximum Gasteiger partial charge on any atom is 0.0801 e. The van der Waals surface area contributed by atoms with Gasteiger partial charge in [-0.15, -0.1) is 0 Å². The van der Waals surface area contributed by atoms with E-state index >= 15 is 0 Å². The quantitative estimate of drug-likeness (QED) is 0.807. The zero-order valence-corrected chi connectivity index (χ0v) is 13.3. The third kappa shape index (κ3) is 2.64. The van der Waals surface area contributed by atoms with E-state index in [1.54, 1.807) is 0 Å². The van der Waals surface area contributed by atoms with E-state index in [2.05, 4.69) is 58.2 Å². The number of hydrogen-bond acceptors (Lipinski definition) is 3. The van der Waals surface area contributed by atoms with Gasteiger partial charge in [-0.05, 0) is 25.1 Å². The van der Waals surface area contributed by atoms with Gasteiger partial charge in [0.25, 0.3) is 0 Å². The van der Waals surface area contributed by atoms with Crippen LogP contribution in [0.25, 0.3) is 10.9 Å². The summed E-state index contributed by atoms with van der Waals surface area (Å²) in [6.45, 7) is 5.58. The molecule has 0 bridgehead atoms. The molecule has 1 saturated heterocycles. The Morgan fingerprint density at radius 1 is 1.09 bits per heavy atom. The molecule has 1 N–H and O–H groups in total. The van der Waals surface area contributed by atoms with Crippen molar-refractivity contribution in [3.63, 3.8) is 0 Å². The Kier molecular flexibility index (Phi) is 3.85. The number of aromatic amines is 1. The molecule has 1 atom stereocenters. The maximum atomic E-state index is 5.55. The summed E-state index contributed by atoms with van der Waals surface area (Å²) in [5.74, 6) is 0. The summed E-state index contributed by atoms with van der Waals surface area (Å²) in [7, 11) is 0. The van der Waals surface area contributed by atoms with E-state index < -0.39 is 0 Å². The first-order valence-electron chi connectivity index (χ1n) is 8.14. The maximum absolute atomic E-state index is 5.55. The number of H-pyrrole nitrogens is 1. The van der Waals surface area contributed by atoms with Crippen LogP contribution in [0.3, 0.4) is 0 Å². The van der Waals surface area contributed by atoms with Crippen molar-refractivity contribution in [2.75, 3.05) is 26.3 Å². The van der Waals surface area contributed by atoms with Crippen LogP contribution >= 0.6 is 0 Å². The Morgan fingerprint density at radius 2 is 1.87 bits per heavy atom. The smallest absolute Gasteiger partial charge is 0.0801 e. The summed E-state index contributed by atoms with van der Waals surface area (Å²) in [5, 5.41) is 1.28. The lowest BCUT2D eigenvalue weighted by Crippen LogP contribution is -2.40. The Bertz CT molecular complexity index is 791. The van der Waals surface area contributed by atoms with Crippen molar-refractivity contribution in [2.24, 2.45) is 0 Å². The average Bonchev–Trinajstić information content (AvgIpc) is 2.94. The molecule has 3 aromatic rings.